The van der Waals surface area contributed by atoms with Crippen LogP contribution in [0.3, 0.4) is 0 Å². The van der Waals surface area contributed by atoms with E-state index in [1.165, 1.54) is 6.42 Å². The Morgan fingerprint density at radius 3 is 2.56 bits per heavy atom. The van der Waals surface area contributed by atoms with E-state index in [1.54, 1.807) is 18.2 Å². The zero-order valence-corrected chi connectivity index (χ0v) is 16.1. The maximum Gasteiger partial charge on any atom is 0.255 e. The molecule has 0 spiro atoms. The molecule has 2 aromatic carbocycles. The molecule has 0 aliphatic carbocycles. The SMILES string of the molecule is O=C(Nc1ccc(-c2nnc3n2CCCCC3)cc1)c1ccc(Cl)c(Cl)c1. The van der Waals surface area contributed by atoms with Crippen molar-refractivity contribution in [2.45, 2.75) is 32.2 Å². The number of anilines is 1. The van der Waals surface area contributed by atoms with E-state index in [0.29, 0.717) is 21.3 Å². The molecule has 4 rings (SSSR count). The fourth-order valence-corrected chi connectivity index (χ4v) is 3.54. The number of aryl methyl sites for hydroxylation is 1. The summed E-state index contributed by atoms with van der Waals surface area (Å²) >= 11 is 11.9. The predicted octanol–water partition coefficient (Wildman–Crippen LogP) is 5.23. The van der Waals surface area contributed by atoms with Crippen molar-refractivity contribution in [2.75, 3.05) is 5.32 Å². The van der Waals surface area contributed by atoms with E-state index in [-0.39, 0.29) is 5.91 Å². The Kier molecular flexibility index (Phi) is 5.14. The molecule has 0 saturated carbocycles. The largest absolute Gasteiger partial charge is 0.322 e. The van der Waals surface area contributed by atoms with E-state index in [2.05, 4.69) is 20.1 Å². The summed E-state index contributed by atoms with van der Waals surface area (Å²) in [5.74, 6) is 1.70. The van der Waals surface area contributed by atoms with E-state index in [4.69, 9.17) is 23.2 Å². The van der Waals surface area contributed by atoms with Crippen LogP contribution in [0, 0.1) is 0 Å². The number of amides is 1. The van der Waals surface area contributed by atoms with Crippen LogP contribution in [0.15, 0.2) is 42.5 Å². The van der Waals surface area contributed by atoms with E-state index >= 15 is 0 Å². The first kappa shape index (κ1) is 18.0. The van der Waals surface area contributed by atoms with Crippen molar-refractivity contribution in [2.24, 2.45) is 0 Å². The summed E-state index contributed by atoms with van der Waals surface area (Å²) in [7, 11) is 0. The van der Waals surface area contributed by atoms with Gasteiger partial charge < -0.3 is 9.88 Å². The van der Waals surface area contributed by atoms with Gasteiger partial charge in [0, 0.05) is 29.8 Å². The zero-order valence-electron chi connectivity index (χ0n) is 14.6. The normalized spacial score (nSPS) is 13.7. The van der Waals surface area contributed by atoms with Gasteiger partial charge >= 0.3 is 0 Å². The molecule has 5 nitrogen and oxygen atoms in total. The fraction of sp³-hybridized carbons (Fsp3) is 0.250. The minimum atomic E-state index is -0.238. The van der Waals surface area contributed by atoms with Crippen LogP contribution in [0.1, 0.15) is 35.4 Å². The van der Waals surface area contributed by atoms with Gasteiger partial charge in [-0.3, -0.25) is 4.79 Å². The second-order valence-corrected chi connectivity index (χ2v) is 7.38. The van der Waals surface area contributed by atoms with Crippen LogP contribution >= 0.6 is 23.2 Å². The first-order valence-electron chi connectivity index (χ1n) is 8.91. The Bertz CT molecular complexity index is 982. The molecule has 1 aliphatic rings. The zero-order chi connectivity index (χ0) is 18.8. The molecule has 27 heavy (non-hydrogen) atoms. The number of rotatable bonds is 3. The lowest BCUT2D eigenvalue weighted by Crippen LogP contribution is -2.11. The average molecular weight is 401 g/mol. The Morgan fingerprint density at radius 1 is 0.963 bits per heavy atom. The Hall–Kier alpha value is -2.37. The minimum absolute atomic E-state index is 0.238. The lowest BCUT2D eigenvalue weighted by molar-refractivity contribution is 0.102. The molecular weight excluding hydrogens is 383 g/mol. The van der Waals surface area contributed by atoms with Gasteiger partial charge in [0.05, 0.1) is 10.0 Å². The van der Waals surface area contributed by atoms with Gasteiger partial charge in [0.2, 0.25) is 0 Å². The van der Waals surface area contributed by atoms with Crippen LogP contribution in [0.25, 0.3) is 11.4 Å². The Labute approximate surface area is 167 Å². The molecule has 7 heteroatoms. The Balaban J connectivity index is 1.52. The van der Waals surface area contributed by atoms with Crippen LogP contribution < -0.4 is 5.32 Å². The molecule has 0 unspecified atom stereocenters. The van der Waals surface area contributed by atoms with Crippen LogP contribution in [0.5, 0.6) is 0 Å². The highest BCUT2D eigenvalue weighted by Crippen LogP contribution is 2.25. The van der Waals surface area contributed by atoms with Crippen molar-refractivity contribution in [3.05, 3.63) is 63.9 Å². The predicted molar refractivity (Wildman–Crippen MR) is 107 cm³/mol. The molecule has 0 radical (unpaired) electrons. The number of carbonyl (C=O) groups is 1. The van der Waals surface area contributed by atoms with E-state index in [0.717, 1.165) is 43.0 Å². The number of halogens is 2. The van der Waals surface area contributed by atoms with Gasteiger partial charge in [-0.05, 0) is 55.3 Å². The van der Waals surface area contributed by atoms with Gasteiger partial charge in [-0.25, -0.2) is 0 Å². The van der Waals surface area contributed by atoms with Crippen molar-refractivity contribution in [3.8, 4) is 11.4 Å². The van der Waals surface area contributed by atoms with Gasteiger partial charge in [0.1, 0.15) is 5.82 Å². The van der Waals surface area contributed by atoms with Crippen LogP contribution in [-0.2, 0) is 13.0 Å². The van der Waals surface area contributed by atoms with Crippen LogP contribution in [0.4, 0.5) is 5.69 Å². The van der Waals surface area contributed by atoms with Gasteiger partial charge in [-0.2, -0.15) is 0 Å². The molecule has 1 aliphatic heterocycles. The molecule has 0 atom stereocenters. The highest BCUT2D eigenvalue weighted by atomic mass is 35.5. The smallest absolute Gasteiger partial charge is 0.255 e. The maximum atomic E-state index is 12.4. The molecule has 0 saturated heterocycles. The lowest BCUT2D eigenvalue weighted by Gasteiger charge is -2.09. The highest BCUT2D eigenvalue weighted by Gasteiger charge is 2.16. The maximum absolute atomic E-state index is 12.4. The fourth-order valence-electron chi connectivity index (χ4n) is 3.24. The third kappa shape index (κ3) is 3.84. The van der Waals surface area contributed by atoms with Gasteiger partial charge in [0.15, 0.2) is 5.82 Å². The molecule has 1 N–H and O–H groups in total. The first-order valence-corrected chi connectivity index (χ1v) is 9.66. The number of hydrogen-bond acceptors (Lipinski definition) is 3. The quantitative estimate of drug-likeness (QED) is 0.654. The number of nitrogens with zero attached hydrogens (tertiary/aromatic N) is 3. The average Bonchev–Trinajstić information content (AvgIpc) is 2.92. The molecule has 0 bridgehead atoms. The topological polar surface area (TPSA) is 59.8 Å². The number of benzene rings is 2. The van der Waals surface area contributed by atoms with Crippen molar-refractivity contribution in [1.82, 2.24) is 14.8 Å². The van der Waals surface area contributed by atoms with E-state index in [9.17, 15) is 4.79 Å². The third-order valence-corrected chi connectivity index (χ3v) is 5.43. The van der Waals surface area contributed by atoms with Gasteiger partial charge in [-0.15, -0.1) is 10.2 Å². The summed E-state index contributed by atoms with van der Waals surface area (Å²) in [5.41, 5.74) is 2.14. The number of nitrogens with one attached hydrogen (secondary N) is 1. The van der Waals surface area contributed by atoms with Crippen molar-refractivity contribution in [3.63, 3.8) is 0 Å². The standard InChI is InChI=1S/C20H18Cl2N4O/c21-16-10-7-14(12-17(16)22)20(27)23-15-8-5-13(6-9-15)19-25-24-18-4-2-1-3-11-26(18)19/h5-10,12H,1-4,11H2,(H,23,27). The molecule has 138 valence electrons. The van der Waals surface area contributed by atoms with E-state index < -0.39 is 0 Å². The summed E-state index contributed by atoms with van der Waals surface area (Å²) in [4.78, 5) is 12.4. The molecular formula is C20H18Cl2N4O. The summed E-state index contributed by atoms with van der Waals surface area (Å²) in [6.45, 7) is 0.952. The van der Waals surface area contributed by atoms with Gasteiger partial charge in [0.25, 0.3) is 5.91 Å². The molecule has 2 heterocycles. The summed E-state index contributed by atoms with van der Waals surface area (Å²) < 4.78 is 2.20. The van der Waals surface area contributed by atoms with Crippen molar-refractivity contribution < 1.29 is 4.79 Å². The number of fused-ring (bicyclic) bond motifs is 1. The van der Waals surface area contributed by atoms with Crippen LogP contribution in [-0.4, -0.2) is 20.7 Å². The molecule has 3 aromatic rings. The number of hydrogen-bond donors (Lipinski definition) is 1. The lowest BCUT2D eigenvalue weighted by atomic mass is 10.1. The number of carbonyl (C=O) groups excluding carboxylic acids is 1. The molecule has 1 amide bonds. The Morgan fingerprint density at radius 2 is 1.78 bits per heavy atom. The van der Waals surface area contributed by atoms with Crippen molar-refractivity contribution in [1.29, 1.82) is 0 Å². The second-order valence-electron chi connectivity index (χ2n) is 6.56. The van der Waals surface area contributed by atoms with Crippen molar-refractivity contribution >= 4 is 34.8 Å². The number of aromatic nitrogens is 3. The minimum Gasteiger partial charge on any atom is -0.322 e. The van der Waals surface area contributed by atoms with E-state index in [1.807, 2.05) is 24.3 Å². The third-order valence-electron chi connectivity index (χ3n) is 4.69. The summed E-state index contributed by atoms with van der Waals surface area (Å²) in [6.07, 6.45) is 4.51. The van der Waals surface area contributed by atoms with Gasteiger partial charge in [-0.1, -0.05) is 29.6 Å². The first-order chi connectivity index (χ1) is 13.1. The molecule has 0 fully saturated rings. The second kappa shape index (κ2) is 7.71. The highest BCUT2D eigenvalue weighted by molar-refractivity contribution is 6.42. The monoisotopic (exact) mass is 400 g/mol. The van der Waals surface area contributed by atoms with Crippen LogP contribution in [0.2, 0.25) is 10.0 Å². The summed E-state index contributed by atoms with van der Waals surface area (Å²) in [6, 6.07) is 12.4. The summed E-state index contributed by atoms with van der Waals surface area (Å²) in [5, 5.41) is 12.3. The molecule has 1 aromatic heterocycles.